The number of hydrogen-bond acceptors (Lipinski definition) is 5. The molecule has 1 saturated heterocycles. The first-order valence-electron chi connectivity index (χ1n) is 7.79. The molecule has 0 spiro atoms. The highest BCUT2D eigenvalue weighted by molar-refractivity contribution is 5.58. The Morgan fingerprint density at radius 1 is 1.17 bits per heavy atom. The highest BCUT2D eigenvalue weighted by atomic mass is 16.5. The number of nitriles is 1. The first-order chi connectivity index (χ1) is 11.1. The Morgan fingerprint density at radius 2 is 1.91 bits per heavy atom. The zero-order valence-corrected chi connectivity index (χ0v) is 13.7. The topological polar surface area (TPSA) is 62.0 Å². The average molecular weight is 308 g/mol. The fourth-order valence-corrected chi connectivity index (χ4v) is 2.93. The Morgan fingerprint density at radius 3 is 2.61 bits per heavy atom. The van der Waals surface area contributed by atoms with Gasteiger partial charge in [0.2, 0.25) is 0 Å². The third-order valence-corrected chi connectivity index (χ3v) is 4.28. The molecule has 1 aromatic heterocycles. The van der Waals surface area contributed by atoms with E-state index in [-0.39, 0.29) is 12.2 Å². The van der Waals surface area contributed by atoms with Gasteiger partial charge in [0.1, 0.15) is 17.7 Å². The van der Waals surface area contributed by atoms with Crippen molar-refractivity contribution in [1.82, 2.24) is 10.2 Å². The van der Waals surface area contributed by atoms with E-state index in [4.69, 9.17) is 4.74 Å². The molecule has 23 heavy (non-hydrogen) atoms. The molecule has 5 heteroatoms. The predicted octanol–water partition coefficient (Wildman–Crippen LogP) is 2.93. The third-order valence-electron chi connectivity index (χ3n) is 4.28. The molecule has 0 radical (unpaired) electrons. The fourth-order valence-electron chi connectivity index (χ4n) is 2.93. The molecule has 0 amide bonds. The Hall–Kier alpha value is -2.45. The summed E-state index contributed by atoms with van der Waals surface area (Å²) in [6.07, 6.45) is 0.0267. The van der Waals surface area contributed by atoms with Crippen LogP contribution in [0.15, 0.2) is 30.3 Å². The molecule has 3 rings (SSSR count). The Balaban J connectivity index is 1.94. The van der Waals surface area contributed by atoms with Crippen LogP contribution in [-0.2, 0) is 4.74 Å². The van der Waals surface area contributed by atoms with Crippen molar-refractivity contribution in [2.75, 3.05) is 18.0 Å². The Labute approximate surface area is 136 Å². The molecule has 0 bridgehead atoms. The molecule has 1 aliphatic rings. The zero-order chi connectivity index (χ0) is 16.4. The van der Waals surface area contributed by atoms with Gasteiger partial charge in [-0.2, -0.15) is 10.4 Å². The van der Waals surface area contributed by atoms with Crippen LogP contribution in [0.25, 0.3) is 0 Å². The lowest BCUT2D eigenvalue weighted by Gasteiger charge is -2.38. The summed E-state index contributed by atoms with van der Waals surface area (Å²) in [4.78, 5) is 2.11. The van der Waals surface area contributed by atoms with E-state index in [0.29, 0.717) is 24.5 Å². The van der Waals surface area contributed by atoms with E-state index < -0.39 is 0 Å². The fraction of sp³-hybridized carbons (Fsp3) is 0.389. The summed E-state index contributed by atoms with van der Waals surface area (Å²) in [5.74, 6) is 0.659. The molecule has 118 valence electrons. The van der Waals surface area contributed by atoms with Gasteiger partial charge in [-0.25, -0.2) is 0 Å². The van der Waals surface area contributed by atoms with Gasteiger partial charge in [-0.15, -0.1) is 5.10 Å². The van der Waals surface area contributed by atoms with E-state index in [1.807, 2.05) is 39.0 Å². The van der Waals surface area contributed by atoms with Crippen molar-refractivity contribution in [3.05, 3.63) is 52.7 Å². The highest BCUT2D eigenvalue weighted by Crippen LogP contribution is 2.30. The zero-order valence-electron chi connectivity index (χ0n) is 13.7. The lowest BCUT2D eigenvalue weighted by molar-refractivity contribution is -0.0176. The van der Waals surface area contributed by atoms with Crippen molar-refractivity contribution in [3.8, 4) is 6.07 Å². The smallest absolute Gasteiger partial charge is 0.169 e. The Bertz CT molecular complexity index is 739. The number of aromatic nitrogens is 2. The quantitative estimate of drug-likeness (QED) is 0.853. The molecule has 0 unspecified atom stereocenters. The molecular formula is C18H20N4O. The highest BCUT2D eigenvalue weighted by Gasteiger charge is 2.29. The molecule has 0 aliphatic carbocycles. The summed E-state index contributed by atoms with van der Waals surface area (Å²) in [5.41, 5.74) is 3.44. The minimum Gasteiger partial charge on any atom is -0.367 e. The van der Waals surface area contributed by atoms with Crippen molar-refractivity contribution in [3.63, 3.8) is 0 Å². The Kier molecular flexibility index (Phi) is 4.26. The van der Waals surface area contributed by atoms with Gasteiger partial charge in [0.05, 0.1) is 11.8 Å². The van der Waals surface area contributed by atoms with Crippen molar-refractivity contribution in [1.29, 1.82) is 5.26 Å². The van der Waals surface area contributed by atoms with E-state index >= 15 is 0 Å². The number of morpholine rings is 1. The van der Waals surface area contributed by atoms with Gasteiger partial charge >= 0.3 is 0 Å². The molecule has 1 fully saturated rings. The number of anilines is 1. The van der Waals surface area contributed by atoms with Crippen LogP contribution in [-0.4, -0.2) is 29.4 Å². The summed E-state index contributed by atoms with van der Waals surface area (Å²) < 4.78 is 6.08. The summed E-state index contributed by atoms with van der Waals surface area (Å²) in [5, 5.41) is 18.0. The van der Waals surface area contributed by atoms with Gasteiger partial charge in [-0.05, 0) is 31.9 Å². The van der Waals surface area contributed by atoms with Crippen LogP contribution in [0.2, 0.25) is 0 Å². The molecule has 1 aromatic carbocycles. The molecule has 1 aliphatic heterocycles. The van der Waals surface area contributed by atoms with Gasteiger partial charge in [-0.1, -0.05) is 30.3 Å². The summed E-state index contributed by atoms with van der Waals surface area (Å²) >= 11 is 0. The molecule has 2 atom stereocenters. The van der Waals surface area contributed by atoms with Gasteiger partial charge < -0.3 is 9.64 Å². The van der Waals surface area contributed by atoms with Gasteiger partial charge in [-0.3, -0.25) is 0 Å². The second-order valence-corrected chi connectivity index (χ2v) is 5.97. The van der Waals surface area contributed by atoms with Crippen molar-refractivity contribution >= 4 is 5.82 Å². The second-order valence-electron chi connectivity index (χ2n) is 5.97. The van der Waals surface area contributed by atoms with Crippen LogP contribution in [0.3, 0.4) is 0 Å². The van der Waals surface area contributed by atoms with Crippen molar-refractivity contribution in [2.24, 2.45) is 0 Å². The SMILES string of the molecule is Cc1nnc(N2C[C@H](C)O[C@@H](c3ccccc3)C2)c(C#N)c1C. The molecule has 0 saturated carbocycles. The lowest BCUT2D eigenvalue weighted by Crippen LogP contribution is -2.43. The van der Waals surface area contributed by atoms with Gasteiger partial charge in [0.15, 0.2) is 5.82 Å². The molecule has 2 aromatic rings. The number of ether oxygens (including phenoxy) is 1. The first kappa shape index (κ1) is 15.4. The van der Waals surface area contributed by atoms with Crippen molar-refractivity contribution < 1.29 is 4.74 Å². The van der Waals surface area contributed by atoms with Crippen LogP contribution >= 0.6 is 0 Å². The summed E-state index contributed by atoms with van der Waals surface area (Å²) in [6.45, 7) is 7.21. The molecule has 0 N–H and O–H groups in total. The van der Waals surface area contributed by atoms with E-state index in [2.05, 4.69) is 33.3 Å². The van der Waals surface area contributed by atoms with Crippen LogP contribution < -0.4 is 4.90 Å². The maximum Gasteiger partial charge on any atom is 0.169 e. The summed E-state index contributed by atoms with van der Waals surface area (Å²) in [7, 11) is 0. The van der Waals surface area contributed by atoms with E-state index in [0.717, 1.165) is 16.8 Å². The second kappa shape index (κ2) is 6.35. The predicted molar refractivity (Wildman–Crippen MR) is 88.2 cm³/mol. The largest absolute Gasteiger partial charge is 0.367 e. The van der Waals surface area contributed by atoms with Crippen molar-refractivity contribution in [2.45, 2.75) is 33.0 Å². The number of nitrogens with zero attached hydrogens (tertiary/aromatic N) is 4. The minimum atomic E-state index is -0.0325. The van der Waals surface area contributed by atoms with Crippen LogP contribution in [0.1, 0.15) is 35.4 Å². The lowest BCUT2D eigenvalue weighted by atomic mass is 10.1. The third kappa shape index (κ3) is 3.03. The van der Waals surface area contributed by atoms with Crippen LogP contribution in [0, 0.1) is 25.2 Å². The maximum absolute atomic E-state index is 9.53. The van der Waals surface area contributed by atoms with E-state index in [1.165, 1.54) is 0 Å². The monoisotopic (exact) mass is 308 g/mol. The molecular weight excluding hydrogens is 288 g/mol. The van der Waals surface area contributed by atoms with Crippen LogP contribution in [0.5, 0.6) is 0 Å². The van der Waals surface area contributed by atoms with E-state index in [1.54, 1.807) is 0 Å². The average Bonchev–Trinajstić information content (AvgIpc) is 2.57. The minimum absolute atomic E-state index is 0.0325. The standard InChI is InChI=1S/C18H20N4O/c1-12-10-22(11-17(23-12)15-7-5-4-6-8-15)18-16(9-19)13(2)14(3)20-21-18/h4-8,12,17H,10-11H2,1-3H3/t12-,17+/m0/s1. The number of benzene rings is 1. The normalized spacial score (nSPS) is 21.0. The van der Waals surface area contributed by atoms with Gasteiger partial charge in [0, 0.05) is 13.1 Å². The number of hydrogen-bond donors (Lipinski definition) is 0. The van der Waals surface area contributed by atoms with Crippen LogP contribution in [0.4, 0.5) is 5.82 Å². The first-order valence-corrected chi connectivity index (χ1v) is 7.79. The van der Waals surface area contributed by atoms with E-state index in [9.17, 15) is 5.26 Å². The molecule has 2 heterocycles. The summed E-state index contributed by atoms with van der Waals surface area (Å²) in [6, 6.07) is 12.4. The van der Waals surface area contributed by atoms with Gasteiger partial charge in [0.25, 0.3) is 0 Å². The number of aryl methyl sites for hydroxylation is 1. The maximum atomic E-state index is 9.53. The molecule has 5 nitrogen and oxygen atoms in total. The number of rotatable bonds is 2.